The molecular formula is C13H20F2N4O2. The van der Waals surface area contributed by atoms with E-state index in [1.165, 1.54) is 12.4 Å². The molecule has 0 spiro atoms. The molecule has 1 aromatic rings. The number of carbonyl (C=O) groups excluding carboxylic acids is 1. The van der Waals surface area contributed by atoms with Crippen LogP contribution in [-0.2, 0) is 11.2 Å². The van der Waals surface area contributed by atoms with Gasteiger partial charge in [-0.1, -0.05) is 0 Å². The van der Waals surface area contributed by atoms with E-state index in [2.05, 4.69) is 10.3 Å². The minimum atomic E-state index is -2.61. The van der Waals surface area contributed by atoms with Crippen molar-refractivity contribution in [1.29, 1.82) is 0 Å². The predicted octanol–water partition coefficient (Wildman–Crippen LogP) is 1.64. The maximum atomic E-state index is 12.6. The van der Waals surface area contributed by atoms with Gasteiger partial charge in [-0.3, -0.25) is 4.57 Å². The van der Waals surface area contributed by atoms with Gasteiger partial charge in [0, 0.05) is 38.4 Å². The van der Waals surface area contributed by atoms with Gasteiger partial charge < -0.3 is 15.0 Å². The van der Waals surface area contributed by atoms with Crippen LogP contribution in [0.4, 0.5) is 13.6 Å². The topological polar surface area (TPSA) is 59.4 Å². The Kier molecular flexibility index (Phi) is 5.11. The van der Waals surface area contributed by atoms with Crippen LogP contribution in [0.2, 0.25) is 0 Å². The van der Waals surface area contributed by atoms with Crippen molar-refractivity contribution in [3.05, 3.63) is 18.2 Å². The Morgan fingerprint density at radius 3 is 2.76 bits per heavy atom. The van der Waals surface area contributed by atoms with Crippen molar-refractivity contribution in [2.45, 2.75) is 39.0 Å². The number of hydrogen-bond donors (Lipinski definition) is 1. The summed E-state index contributed by atoms with van der Waals surface area (Å²) in [6.45, 7) is 2.54. The number of rotatable bonds is 4. The SMILES string of the molecule is CC1CN(C(=O)NCCc2nccn2C(F)F)CC(C)O1. The summed E-state index contributed by atoms with van der Waals surface area (Å²) in [5.41, 5.74) is 0. The van der Waals surface area contributed by atoms with E-state index in [1.54, 1.807) is 4.90 Å². The van der Waals surface area contributed by atoms with Crippen LogP contribution in [0.1, 0.15) is 26.2 Å². The second kappa shape index (κ2) is 6.84. The van der Waals surface area contributed by atoms with Gasteiger partial charge in [0.25, 0.3) is 0 Å². The lowest BCUT2D eigenvalue weighted by molar-refractivity contribution is -0.0545. The molecule has 0 aliphatic carbocycles. The highest BCUT2D eigenvalue weighted by molar-refractivity contribution is 5.74. The monoisotopic (exact) mass is 302 g/mol. The van der Waals surface area contributed by atoms with E-state index in [-0.39, 0.29) is 37.0 Å². The van der Waals surface area contributed by atoms with Crippen molar-refractivity contribution in [2.24, 2.45) is 0 Å². The first-order chi connectivity index (χ1) is 9.97. The third-order valence-electron chi connectivity index (χ3n) is 3.29. The molecular weight excluding hydrogens is 282 g/mol. The molecule has 1 N–H and O–H groups in total. The van der Waals surface area contributed by atoms with Gasteiger partial charge >= 0.3 is 12.6 Å². The van der Waals surface area contributed by atoms with Crippen LogP contribution in [-0.4, -0.2) is 52.3 Å². The van der Waals surface area contributed by atoms with Crippen molar-refractivity contribution < 1.29 is 18.3 Å². The van der Waals surface area contributed by atoms with Crippen molar-refractivity contribution in [2.75, 3.05) is 19.6 Å². The van der Waals surface area contributed by atoms with Crippen LogP contribution in [0.25, 0.3) is 0 Å². The molecule has 0 radical (unpaired) electrons. The molecule has 118 valence electrons. The van der Waals surface area contributed by atoms with Gasteiger partial charge in [-0.05, 0) is 13.8 Å². The standard InChI is InChI=1S/C13H20F2N4O2/c1-9-7-18(8-10(2)21-9)13(20)17-4-3-11-16-5-6-19(11)12(14)15/h5-6,9-10,12H,3-4,7-8H2,1-2H3,(H,17,20). The Labute approximate surface area is 122 Å². The molecule has 2 atom stereocenters. The predicted molar refractivity (Wildman–Crippen MR) is 72.2 cm³/mol. The fourth-order valence-corrected chi connectivity index (χ4v) is 2.45. The second-order valence-corrected chi connectivity index (χ2v) is 5.17. The molecule has 0 saturated carbocycles. The highest BCUT2D eigenvalue weighted by Crippen LogP contribution is 2.13. The zero-order valence-corrected chi connectivity index (χ0v) is 12.1. The summed E-state index contributed by atoms with van der Waals surface area (Å²) in [6.07, 6.45) is 2.81. The highest BCUT2D eigenvalue weighted by Gasteiger charge is 2.25. The molecule has 1 aromatic heterocycles. The third-order valence-corrected chi connectivity index (χ3v) is 3.29. The van der Waals surface area contributed by atoms with Gasteiger partial charge in [-0.2, -0.15) is 8.78 Å². The number of aromatic nitrogens is 2. The molecule has 1 aliphatic heterocycles. The zero-order valence-electron chi connectivity index (χ0n) is 12.1. The smallest absolute Gasteiger partial charge is 0.319 e. The lowest BCUT2D eigenvalue weighted by atomic mass is 10.2. The van der Waals surface area contributed by atoms with Gasteiger partial charge in [-0.25, -0.2) is 9.78 Å². The number of alkyl halides is 2. The molecule has 0 bridgehead atoms. The third kappa shape index (κ3) is 4.13. The summed E-state index contributed by atoms with van der Waals surface area (Å²) in [5, 5.41) is 2.73. The number of nitrogens with zero attached hydrogens (tertiary/aromatic N) is 3. The Balaban J connectivity index is 1.80. The van der Waals surface area contributed by atoms with E-state index in [4.69, 9.17) is 4.74 Å². The van der Waals surface area contributed by atoms with E-state index in [9.17, 15) is 13.6 Å². The summed E-state index contributed by atoms with van der Waals surface area (Å²) < 4.78 is 31.6. The number of nitrogens with one attached hydrogen (secondary N) is 1. The molecule has 2 heterocycles. The maximum Gasteiger partial charge on any atom is 0.319 e. The average Bonchev–Trinajstić information content (AvgIpc) is 2.86. The Hall–Kier alpha value is -1.70. The van der Waals surface area contributed by atoms with E-state index in [0.717, 1.165) is 4.57 Å². The van der Waals surface area contributed by atoms with Gasteiger partial charge in [0.05, 0.1) is 12.2 Å². The van der Waals surface area contributed by atoms with Gasteiger partial charge in [0.1, 0.15) is 5.82 Å². The summed E-state index contributed by atoms with van der Waals surface area (Å²) in [4.78, 5) is 17.6. The fourth-order valence-electron chi connectivity index (χ4n) is 2.45. The number of ether oxygens (including phenoxy) is 1. The van der Waals surface area contributed by atoms with E-state index >= 15 is 0 Å². The van der Waals surface area contributed by atoms with Crippen LogP contribution < -0.4 is 5.32 Å². The molecule has 2 unspecified atom stereocenters. The fraction of sp³-hybridized carbons (Fsp3) is 0.692. The largest absolute Gasteiger partial charge is 0.372 e. The lowest BCUT2D eigenvalue weighted by Crippen LogP contribution is -2.51. The molecule has 1 saturated heterocycles. The van der Waals surface area contributed by atoms with Crippen molar-refractivity contribution in [3.63, 3.8) is 0 Å². The van der Waals surface area contributed by atoms with E-state index in [1.807, 2.05) is 13.8 Å². The molecule has 1 fully saturated rings. The number of urea groups is 1. The van der Waals surface area contributed by atoms with Crippen molar-refractivity contribution in [3.8, 4) is 0 Å². The number of morpholine rings is 1. The van der Waals surface area contributed by atoms with Crippen LogP contribution in [0.15, 0.2) is 12.4 Å². The first-order valence-electron chi connectivity index (χ1n) is 6.95. The Morgan fingerprint density at radius 1 is 1.48 bits per heavy atom. The van der Waals surface area contributed by atoms with Crippen LogP contribution in [0.5, 0.6) is 0 Å². The van der Waals surface area contributed by atoms with Gasteiger partial charge in [-0.15, -0.1) is 0 Å². The molecule has 8 heteroatoms. The normalized spacial score (nSPS) is 22.6. The summed E-state index contributed by atoms with van der Waals surface area (Å²) in [5.74, 6) is 0.258. The quantitative estimate of drug-likeness (QED) is 0.920. The summed E-state index contributed by atoms with van der Waals surface area (Å²) >= 11 is 0. The van der Waals surface area contributed by atoms with Crippen LogP contribution >= 0.6 is 0 Å². The van der Waals surface area contributed by atoms with Crippen molar-refractivity contribution in [1.82, 2.24) is 19.8 Å². The van der Waals surface area contributed by atoms with Crippen LogP contribution in [0.3, 0.4) is 0 Å². The number of halogens is 2. The lowest BCUT2D eigenvalue weighted by Gasteiger charge is -2.35. The number of carbonyl (C=O) groups is 1. The van der Waals surface area contributed by atoms with Gasteiger partial charge in [0.2, 0.25) is 0 Å². The molecule has 6 nitrogen and oxygen atoms in total. The minimum absolute atomic E-state index is 0.00256. The van der Waals surface area contributed by atoms with E-state index in [0.29, 0.717) is 13.1 Å². The molecule has 1 aliphatic rings. The number of imidazole rings is 1. The average molecular weight is 302 g/mol. The first kappa shape index (κ1) is 15.7. The zero-order chi connectivity index (χ0) is 15.4. The second-order valence-electron chi connectivity index (χ2n) is 5.17. The minimum Gasteiger partial charge on any atom is -0.372 e. The summed E-state index contributed by atoms with van der Waals surface area (Å²) in [7, 11) is 0. The molecule has 21 heavy (non-hydrogen) atoms. The maximum absolute atomic E-state index is 12.6. The van der Waals surface area contributed by atoms with Crippen LogP contribution in [0, 0.1) is 0 Å². The Morgan fingerprint density at radius 2 is 2.14 bits per heavy atom. The molecule has 0 aromatic carbocycles. The highest BCUT2D eigenvalue weighted by atomic mass is 19.3. The van der Waals surface area contributed by atoms with Crippen molar-refractivity contribution >= 4 is 6.03 Å². The summed E-state index contributed by atoms with van der Waals surface area (Å²) in [6, 6.07) is -0.202. The number of amides is 2. The first-order valence-corrected chi connectivity index (χ1v) is 6.95. The van der Waals surface area contributed by atoms with Gasteiger partial charge in [0.15, 0.2) is 0 Å². The number of hydrogen-bond acceptors (Lipinski definition) is 3. The Bertz CT molecular complexity index is 470. The molecule has 2 amide bonds. The van der Waals surface area contributed by atoms with E-state index < -0.39 is 6.55 Å². The molecule has 2 rings (SSSR count).